The Bertz CT molecular complexity index is 397. The minimum absolute atomic E-state index is 0.252. The van der Waals surface area contributed by atoms with E-state index in [0.717, 1.165) is 40.9 Å². The predicted octanol–water partition coefficient (Wildman–Crippen LogP) is 4.57. The van der Waals surface area contributed by atoms with Crippen LogP contribution < -0.4 is 4.74 Å². The lowest BCUT2D eigenvalue weighted by atomic mass is 9.95. The number of alkyl halides is 1. The highest BCUT2D eigenvalue weighted by molar-refractivity contribution is 9.08. The van der Waals surface area contributed by atoms with Gasteiger partial charge in [-0.1, -0.05) is 27.5 Å². The lowest BCUT2D eigenvalue weighted by Gasteiger charge is -2.29. The van der Waals surface area contributed by atoms with Gasteiger partial charge in [0.05, 0.1) is 6.10 Å². The van der Waals surface area contributed by atoms with Crippen molar-refractivity contribution in [2.24, 2.45) is 0 Å². The highest BCUT2D eigenvalue weighted by Gasteiger charge is 2.23. The lowest BCUT2D eigenvalue weighted by molar-refractivity contribution is 0.0207. The lowest BCUT2D eigenvalue weighted by Crippen LogP contribution is -2.29. The summed E-state index contributed by atoms with van der Waals surface area (Å²) in [6, 6.07) is 5.78. The molecule has 18 heavy (non-hydrogen) atoms. The number of rotatable bonds is 4. The van der Waals surface area contributed by atoms with Crippen LogP contribution in [0, 0.1) is 0 Å². The summed E-state index contributed by atoms with van der Waals surface area (Å²) in [7, 11) is 1.78. The fourth-order valence-electron chi connectivity index (χ4n) is 2.37. The molecular formula is C14H18BrClO2. The molecule has 0 saturated heterocycles. The van der Waals surface area contributed by atoms with Crippen LogP contribution in [-0.2, 0) is 10.1 Å². The largest absolute Gasteiger partial charge is 0.490 e. The van der Waals surface area contributed by atoms with Crippen molar-refractivity contribution in [1.29, 1.82) is 0 Å². The molecule has 0 aromatic heterocycles. The standard InChI is InChI=1S/C14H18BrClO2/c1-17-12-3-2-4-13(8-12)18-14-6-5-11(16)7-10(14)9-15/h5-7,12-13H,2-4,8-9H2,1H3. The van der Waals surface area contributed by atoms with E-state index < -0.39 is 0 Å². The minimum atomic E-state index is 0.252. The van der Waals surface area contributed by atoms with E-state index in [9.17, 15) is 0 Å². The molecule has 0 spiro atoms. The Morgan fingerprint density at radius 2 is 2.11 bits per heavy atom. The molecule has 0 radical (unpaired) electrons. The van der Waals surface area contributed by atoms with Crippen LogP contribution in [0.2, 0.25) is 5.02 Å². The number of hydrogen-bond acceptors (Lipinski definition) is 2. The summed E-state index contributed by atoms with van der Waals surface area (Å²) in [5.41, 5.74) is 1.10. The molecule has 0 heterocycles. The molecule has 1 aliphatic carbocycles. The highest BCUT2D eigenvalue weighted by atomic mass is 79.9. The van der Waals surface area contributed by atoms with Crippen molar-refractivity contribution in [3.63, 3.8) is 0 Å². The van der Waals surface area contributed by atoms with E-state index in [4.69, 9.17) is 21.1 Å². The molecular weight excluding hydrogens is 316 g/mol. The first kappa shape index (κ1) is 14.2. The van der Waals surface area contributed by atoms with E-state index >= 15 is 0 Å². The molecule has 1 fully saturated rings. The van der Waals surface area contributed by atoms with Gasteiger partial charge in [0.15, 0.2) is 0 Å². The van der Waals surface area contributed by atoms with Crippen molar-refractivity contribution in [2.75, 3.05) is 7.11 Å². The Morgan fingerprint density at radius 1 is 1.33 bits per heavy atom. The fraction of sp³-hybridized carbons (Fsp3) is 0.571. The summed E-state index contributed by atoms with van der Waals surface area (Å²) in [5, 5.41) is 1.50. The highest BCUT2D eigenvalue weighted by Crippen LogP contribution is 2.30. The second-order valence-corrected chi connectivity index (χ2v) is 5.65. The van der Waals surface area contributed by atoms with Crippen LogP contribution >= 0.6 is 27.5 Å². The Morgan fingerprint density at radius 3 is 2.83 bits per heavy atom. The van der Waals surface area contributed by atoms with Gasteiger partial charge in [0.25, 0.3) is 0 Å². The number of hydrogen-bond donors (Lipinski definition) is 0. The number of ether oxygens (including phenoxy) is 2. The molecule has 2 atom stereocenters. The van der Waals surface area contributed by atoms with Crippen LogP contribution in [0.5, 0.6) is 5.75 Å². The van der Waals surface area contributed by atoms with Gasteiger partial charge >= 0.3 is 0 Å². The summed E-state index contributed by atoms with van der Waals surface area (Å²) in [5.74, 6) is 0.929. The van der Waals surface area contributed by atoms with Crippen LogP contribution in [0.15, 0.2) is 18.2 Å². The average molecular weight is 334 g/mol. The van der Waals surface area contributed by atoms with Crippen molar-refractivity contribution < 1.29 is 9.47 Å². The maximum Gasteiger partial charge on any atom is 0.123 e. The van der Waals surface area contributed by atoms with Gasteiger partial charge in [-0.3, -0.25) is 0 Å². The predicted molar refractivity (Wildman–Crippen MR) is 77.8 cm³/mol. The minimum Gasteiger partial charge on any atom is -0.490 e. The summed E-state index contributed by atoms with van der Waals surface area (Å²) in [6.07, 6.45) is 4.97. The van der Waals surface area contributed by atoms with Crippen molar-refractivity contribution in [1.82, 2.24) is 0 Å². The fourth-order valence-corrected chi connectivity index (χ4v) is 3.00. The quantitative estimate of drug-likeness (QED) is 0.751. The molecule has 100 valence electrons. The summed E-state index contributed by atoms with van der Waals surface area (Å²) in [4.78, 5) is 0. The van der Waals surface area contributed by atoms with Crippen LogP contribution in [-0.4, -0.2) is 19.3 Å². The van der Waals surface area contributed by atoms with Gasteiger partial charge in [-0.25, -0.2) is 0 Å². The van der Waals surface area contributed by atoms with E-state index in [1.165, 1.54) is 6.42 Å². The molecule has 2 nitrogen and oxygen atoms in total. The SMILES string of the molecule is COC1CCCC(Oc2ccc(Cl)cc2CBr)C1. The van der Waals surface area contributed by atoms with Crippen molar-refractivity contribution in [3.05, 3.63) is 28.8 Å². The van der Waals surface area contributed by atoms with E-state index in [1.807, 2.05) is 18.2 Å². The zero-order valence-electron chi connectivity index (χ0n) is 10.5. The smallest absolute Gasteiger partial charge is 0.123 e. The molecule has 1 aliphatic rings. The molecule has 1 aromatic rings. The van der Waals surface area contributed by atoms with Gasteiger partial charge < -0.3 is 9.47 Å². The topological polar surface area (TPSA) is 18.5 Å². The second kappa shape index (κ2) is 6.78. The first-order valence-corrected chi connectivity index (χ1v) is 7.76. The van der Waals surface area contributed by atoms with Crippen molar-refractivity contribution in [3.8, 4) is 5.75 Å². The van der Waals surface area contributed by atoms with Gasteiger partial charge in [0, 0.05) is 29.4 Å². The van der Waals surface area contributed by atoms with Gasteiger partial charge in [0.1, 0.15) is 11.9 Å². The van der Waals surface area contributed by atoms with Crippen LogP contribution in [0.4, 0.5) is 0 Å². The zero-order valence-corrected chi connectivity index (χ0v) is 12.8. The van der Waals surface area contributed by atoms with E-state index in [0.29, 0.717) is 6.10 Å². The maximum absolute atomic E-state index is 6.10. The summed E-state index contributed by atoms with van der Waals surface area (Å²) in [6.45, 7) is 0. The Kier molecular flexibility index (Phi) is 5.34. The molecule has 0 bridgehead atoms. The Balaban J connectivity index is 2.04. The normalized spacial score (nSPS) is 23.9. The third-order valence-electron chi connectivity index (χ3n) is 3.37. The first-order valence-electron chi connectivity index (χ1n) is 6.26. The summed E-state index contributed by atoms with van der Waals surface area (Å²) < 4.78 is 11.5. The van der Waals surface area contributed by atoms with Crippen LogP contribution in [0.3, 0.4) is 0 Å². The van der Waals surface area contributed by atoms with Crippen LogP contribution in [0.1, 0.15) is 31.2 Å². The molecule has 1 saturated carbocycles. The number of methoxy groups -OCH3 is 1. The Hall–Kier alpha value is -0.250. The molecule has 1 aromatic carbocycles. The van der Waals surface area contributed by atoms with Crippen molar-refractivity contribution in [2.45, 2.75) is 43.2 Å². The third kappa shape index (κ3) is 3.62. The van der Waals surface area contributed by atoms with Gasteiger partial charge in [-0.2, -0.15) is 0 Å². The van der Waals surface area contributed by atoms with E-state index in [2.05, 4.69) is 15.9 Å². The Labute approximate surface area is 122 Å². The summed E-state index contributed by atoms with van der Waals surface area (Å²) >= 11 is 9.46. The number of benzene rings is 1. The molecule has 0 N–H and O–H groups in total. The number of halogens is 2. The second-order valence-electron chi connectivity index (χ2n) is 4.65. The molecule has 2 unspecified atom stereocenters. The van der Waals surface area contributed by atoms with E-state index in [1.54, 1.807) is 7.11 Å². The molecule has 0 aliphatic heterocycles. The van der Waals surface area contributed by atoms with Crippen LogP contribution in [0.25, 0.3) is 0 Å². The first-order chi connectivity index (χ1) is 8.72. The molecule has 4 heteroatoms. The zero-order chi connectivity index (χ0) is 13.0. The van der Waals surface area contributed by atoms with Crippen molar-refractivity contribution >= 4 is 27.5 Å². The third-order valence-corrected chi connectivity index (χ3v) is 4.21. The average Bonchev–Trinajstić information content (AvgIpc) is 2.41. The van der Waals surface area contributed by atoms with Gasteiger partial charge in [-0.15, -0.1) is 0 Å². The molecule has 0 amide bonds. The van der Waals surface area contributed by atoms with Gasteiger partial charge in [0.2, 0.25) is 0 Å². The monoisotopic (exact) mass is 332 g/mol. The van der Waals surface area contributed by atoms with Gasteiger partial charge in [-0.05, 0) is 37.5 Å². The van der Waals surface area contributed by atoms with E-state index in [-0.39, 0.29) is 6.10 Å². The maximum atomic E-state index is 6.10. The molecule has 2 rings (SSSR count).